The lowest BCUT2D eigenvalue weighted by Crippen LogP contribution is -1.88. The smallest absolute Gasteiger partial charge is 0.231 e. The van der Waals surface area contributed by atoms with E-state index in [1.165, 1.54) is 0 Å². The van der Waals surface area contributed by atoms with Crippen LogP contribution in [0.25, 0.3) is 0 Å². The zero-order chi connectivity index (χ0) is 7.72. The summed E-state index contributed by atoms with van der Waals surface area (Å²) in [6, 6.07) is 0. The molecule has 4 nitrogen and oxygen atoms in total. The number of thiol groups is 1. The highest BCUT2D eigenvalue weighted by Gasteiger charge is 2.05. The van der Waals surface area contributed by atoms with E-state index in [9.17, 15) is 0 Å². The van der Waals surface area contributed by atoms with Gasteiger partial charge in [0.1, 0.15) is 10.7 Å². The van der Waals surface area contributed by atoms with Gasteiger partial charge in [-0.05, 0) is 6.92 Å². The van der Waals surface area contributed by atoms with E-state index in [0.717, 1.165) is 0 Å². The minimum Gasteiger partial charge on any atom is -0.492 e. The van der Waals surface area contributed by atoms with Crippen molar-refractivity contribution in [3.05, 3.63) is 5.82 Å². The van der Waals surface area contributed by atoms with Crippen LogP contribution < -0.4 is 0 Å². The first-order valence-corrected chi connectivity index (χ1v) is 3.01. The van der Waals surface area contributed by atoms with Gasteiger partial charge in [-0.1, -0.05) is 0 Å². The molecular weight excluding hydrogens is 152 g/mol. The first kappa shape index (κ1) is 7.14. The summed E-state index contributed by atoms with van der Waals surface area (Å²) >= 11 is 3.73. The van der Waals surface area contributed by atoms with Crippen molar-refractivity contribution in [2.24, 2.45) is 0 Å². The van der Waals surface area contributed by atoms with Crippen LogP contribution in [0.5, 0.6) is 11.8 Å². The largest absolute Gasteiger partial charge is 0.492 e. The molecule has 1 heterocycles. The van der Waals surface area contributed by atoms with E-state index in [0.29, 0.717) is 5.82 Å². The maximum atomic E-state index is 8.89. The molecule has 0 aliphatic carbocycles. The third-order valence-electron chi connectivity index (χ3n) is 0.959. The summed E-state index contributed by atoms with van der Waals surface area (Å²) in [7, 11) is 0. The monoisotopic (exact) mass is 158 g/mol. The van der Waals surface area contributed by atoms with Crippen molar-refractivity contribution in [2.45, 2.75) is 11.8 Å². The molecule has 54 valence electrons. The molecule has 0 spiro atoms. The second-order valence-corrected chi connectivity index (χ2v) is 2.21. The molecule has 10 heavy (non-hydrogen) atoms. The fourth-order valence-electron chi connectivity index (χ4n) is 0.537. The first-order chi connectivity index (χ1) is 4.61. The van der Waals surface area contributed by atoms with E-state index in [2.05, 4.69) is 22.6 Å². The van der Waals surface area contributed by atoms with Crippen LogP contribution in [0.3, 0.4) is 0 Å². The first-order valence-electron chi connectivity index (χ1n) is 2.57. The Morgan fingerprint density at radius 1 is 1.20 bits per heavy atom. The van der Waals surface area contributed by atoms with Crippen LogP contribution in [0, 0.1) is 6.92 Å². The molecular formula is C5H6N2O2S. The van der Waals surface area contributed by atoms with Crippen molar-refractivity contribution in [1.82, 2.24) is 9.97 Å². The highest BCUT2D eigenvalue weighted by atomic mass is 32.1. The molecule has 0 saturated heterocycles. The van der Waals surface area contributed by atoms with Gasteiger partial charge in [0.15, 0.2) is 0 Å². The summed E-state index contributed by atoms with van der Waals surface area (Å²) in [6.45, 7) is 1.56. The molecule has 5 heteroatoms. The maximum absolute atomic E-state index is 8.89. The Hall–Kier alpha value is -0.970. The molecule has 0 bridgehead atoms. The molecule has 0 aliphatic heterocycles. The topological polar surface area (TPSA) is 66.2 Å². The van der Waals surface area contributed by atoms with Crippen molar-refractivity contribution in [2.75, 3.05) is 0 Å². The zero-order valence-electron chi connectivity index (χ0n) is 5.24. The summed E-state index contributed by atoms with van der Waals surface area (Å²) in [6.07, 6.45) is 0. The molecule has 0 amide bonds. The molecule has 0 unspecified atom stereocenters. The Morgan fingerprint density at radius 3 is 2.00 bits per heavy atom. The van der Waals surface area contributed by atoms with Crippen LogP contribution in [0.2, 0.25) is 0 Å². The molecule has 0 fully saturated rings. The van der Waals surface area contributed by atoms with Gasteiger partial charge in [0.2, 0.25) is 11.8 Å². The number of aromatic nitrogens is 2. The Kier molecular flexibility index (Phi) is 1.67. The molecule has 1 aromatic rings. The van der Waals surface area contributed by atoms with Gasteiger partial charge in [-0.2, -0.15) is 9.97 Å². The highest BCUT2D eigenvalue weighted by molar-refractivity contribution is 7.80. The lowest BCUT2D eigenvalue weighted by molar-refractivity contribution is 0.395. The summed E-state index contributed by atoms with van der Waals surface area (Å²) < 4.78 is 0. The van der Waals surface area contributed by atoms with E-state index in [4.69, 9.17) is 10.2 Å². The lowest BCUT2D eigenvalue weighted by Gasteiger charge is -1.98. The van der Waals surface area contributed by atoms with Crippen LogP contribution in [0.4, 0.5) is 0 Å². The van der Waals surface area contributed by atoms with Crippen LogP contribution in [0.1, 0.15) is 5.82 Å². The van der Waals surface area contributed by atoms with Gasteiger partial charge in [0, 0.05) is 0 Å². The van der Waals surface area contributed by atoms with E-state index in [-0.39, 0.29) is 16.7 Å². The van der Waals surface area contributed by atoms with Gasteiger partial charge >= 0.3 is 0 Å². The highest BCUT2D eigenvalue weighted by Crippen LogP contribution is 2.25. The van der Waals surface area contributed by atoms with Crippen molar-refractivity contribution >= 4 is 12.6 Å². The Balaban J connectivity index is 3.31. The van der Waals surface area contributed by atoms with Crippen LogP contribution in [-0.4, -0.2) is 20.2 Å². The summed E-state index contributed by atoms with van der Waals surface area (Å²) in [5, 5.41) is 17.8. The molecule has 1 rings (SSSR count). The van der Waals surface area contributed by atoms with Gasteiger partial charge in [-0.15, -0.1) is 12.6 Å². The lowest BCUT2D eigenvalue weighted by atomic mass is 10.5. The molecule has 0 aromatic carbocycles. The maximum Gasteiger partial charge on any atom is 0.231 e. The Morgan fingerprint density at radius 2 is 1.60 bits per heavy atom. The van der Waals surface area contributed by atoms with E-state index in [1.807, 2.05) is 0 Å². The fraction of sp³-hybridized carbons (Fsp3) is 0.200. The average molecular weight is 158 g/mol. The van der Waals surface area contributed by atoms with E-state index >= 15 is 0 Å². The third-order valence-corrected chi connectivity index (χ3v) is 1.36. The summed E-state index contributed by atoms with van der Waals surface area (Å²) in [5.41, 5.74) is 0. The van der Waals surface area contributed by atoms with Crippen molar-refractivity contribution < 1.29 is 10.2 Å². The predicted octanol–water partition coefficient (Wildman–Crippen LogP) is 0.485. The van der Waals surface area contributed by atoms with Crippen molar-refractivity contribution in [3.8, 4) is 11.8 Å². The number of rotatable bonds is 0. The fourth-order valence-corrected chi connectivity index (χ4v) is 0.637. The van der Waals surface area contributed by atoms with Crippen molar-refractivity contribution in [3.63, 3.8) is 0 Å². The quantitative estimate of drug-likeness (QED) is 0.480. The van der Waals surface area contributed by atoms with Crippen LogP contribution >= 0.6 is 12.6 Å². The van der Waals surface area contributed by atoms with Gasteiger partial charge < -0.3 is 10.2 Å². The van der Waals surface area contributed by atoms with Gasteiger partial charge in [-0.3, -0.25) is 0 Å². The number of hydrogen-bond donors (Lipinski definition) is 3. The van der Waals surface area contributed by atoms with Crippen LogP contribution in [0.15, 0.2) is 4.90 Å². The van der Waals surface area contributed by atoms with Gasteiger partial charge in [0.25, 0.3) is 0 Å². The van der Waals surface area contributed by atoms with Crippen molar-refractivity contribution in [1.29, 1.82) is 0 Å². The summed E-state index contributed by atoms with van der Waals surface area (Å²) in [5.74, 6) is -0.283. The summed E-state index contributed by atoms with van der Waals surface area (Å²) in [4.78, 5) is 7.09. The molecule has 0 aliphatic rings. The number of nitrogens with zero attached hydrogens (tertiary/aromatic N) is 2. The zero-order valence-corrected chi connectivity index (χ0v) is 6.13. The van der Waals surface area contributed by atoms with Gasteiger partial charge in [0.05, 0.1) is 0 Å². The third kappa shape index (κ3) is 1.13. The van der Waals surface area contributed by atoms with E-state index < -0.39 is 0 Å². The molecule has 1 aromatic heterocycles. The number of hydrogen-bond acceptors (Lipinski definition) is 5. The standard InChI is InChI=1S/C5H6N2O2S/c1-2-6-4(8)3(10)5(9)7-2/h10H,1H3,(H2,6,7,8,9). The molecule has 0 saturated carbocycles. The molecule has 2 N–H and O–H groups in total. The van der Waals surface area contributed by atoms with Gasteiger partial charge in [-0.25, -0.2) is 0 Å². The normalized spacial score (nSPS) is 9.80. The van der Waals surface area contributed by atoms with E-state index in [1.54, 1.807) is 6.92 Å². The van der Waals surface area contributed by atoms with Crippen LogP contribution in [-0.2, 0) is 0 Å². The molecule has 0 atom stereocenters. The number of aryl methyl sites for hydroxylation is 1. The Bertz CT molecular complexity index is 241. The SMILES string of the molecule is Cc1nc(O)c(S)c(O)n1. The second kappa shape index (κ2) is 2.34. The minimum absolute atomic E-state index is 0.00519. The Labute approximate surface area is 63.0 Å². The average Bonchev–Trinajstić information content (AvgIpc) is 1.82. The second-order valence-electron chi connectivity index (χ2n) is 1.77. The number of aromatic hydroxyl groups is 2. The molecule has 0 radical (unpaired) electrons. The minimum atomic E-state index is -0.298. The predicted molar refractivity (Wildman–Crippen MR) is 37.4 cm³/mol.